The van der Waals surface area contributed by atoms with Gasteiger partial charge >= 0.3 is 0 Å². The Hall–Kier alpha value is -1.43. The summed E-state index contributed by atoms with van der Waals surface area (Å²) in [4.78, 5) is 7.50. The molecule has 26 heavy (non-hydrogen) atoms. The maximum Gasteiger partial charge on any atom is 0.0735 e. The fourth-order valence-corrected chi connectivity index (χ4v) is 5.59. The number of anilines is 2. The average molecular weight is 363 g/mol. The first-order valence-corrected chi connectivity index (χ1v) is 10.1. The first-order valence-electron chi connectivity index (χ1n) is 9.25. The third-order valence-electron chi connectivity index (χ3n) is 5.89. The molecule has 0 N–H and O–H groups in total. The second-order valence-corrected chi connectivity index (χ2v) is 8.50. The van der Waals surface area contributed by atoms with E-state index in [1.165, 1.54) is 52.7 Å². The number of benzene rings is 2. The zero-order valence-corrected chi connectivity index (χ0v) is 16.0. The highest BCUT2D eigenvalue weighted by Crippen LogP contribution is 2.47. The minimum atomic E-state index is 0. The summed E-state index contributed by atoms with van der Waals surface area (Å²) in [7, 11) is 2.15. The van der Waals surface area contributed by atoms with Gasteiger partial charge in [-0.3, -0.25) is 0 Å². The van der Waals surface area contributed by atoms with E-state index in [0.717, 1.165) is 19.1 Å². The standard InChI is InChI=1S/C21H24N2OS.B/c1-22-17-4-2-3-5-20(17)25-21-12-15(6-7-18(21)22)14-24-19-13-23-10-8-16(19)9-11-23;/h2-7,12,16,19H,8-11,13-14H2,1H3;/t19-;/m1./s1. The second-order valence-electron chi connectivity index (χ2n) is 7.42. The van der Waals surface area contributed by atoms with Crippen molar-refractivity contribution in [3.05, 3.63) is 48.0 Å². The highest BCUT2D eigenvalue weighted by atomic mass is 32.2. The highest BCUT2D eigenvalue weighted by molar-refractivity contribution is 7.99. The van der Waals surface area contributed by atoms with Crippen LogP contribution < -0.4 is 4.90 Å². The summed E-state index contributed by atoms with van der Waals surface area (Å²) in [6.45, 7) is 4.40. The zero-order chi connectivity index (χ0) is 16.8. The van der Waals surface area contributed by atoms with Crippen molar-refractivity contribution in [2.45, 2.75) is 35.3 Å². The van der Waals surface area contributed by atoms with Crippen LogP contribution in [0.5, 0.6) is 0 Å². The largest absolute Gasteiger partial charge is 0.372 e. The first-order chi connectivity index (χ1) is 12.3. The van der Waals surface area contributed by atoms with Gasteiger partial charge in [-0.2, -0.15) is 0 Å². The summed E-state index contributed by atoms with van der Waals surface area (Å²) in [5, 5.41) is 0. The van der Waals surface area contributed by atoms with Crippen molar-refractivity contribution in [3.8, 4) is 0 Å². The average Bonchev–Trinajstić information content (AvgIpc) is 2.67. The van der Waals surface area contributed by atoms with Crippen molar-refractivity contribution in [3.63, 3.8) is 0 Å². The van der Waals surface area contributed by atoms with Gasteiger partial charge in [0.1, 0.15) is 0 Å². The van der Waals surface area contributed by atoms with E-state index in [9.17, 15) is 0 Å². The summed E-state index contributed by atoms with van der Waals surface area (Å²) in [6.07, 6.45) is 3.05. The number of ether oxygens (including phenoxy) is 1. The Bertz CT molecular complexity index is 791. The molecule has 0 saturated carbocycles. The minimum Gasteiger partial charge on any atom is -0.372 e. The van der Waals surface area contributed by atoms with Crippen molar-refractivity contribution in [1.82, 2.24) is 4.90 Å². The Morgan fingerprint density at radius 3 is 2.58 bits per heavy atom. The number of para-hydroxylation sites is 1. The summed E-state index contributed by atoms with van der Waals surface area (Å²) in [5.74, 6) is 0.773. The van der Waals surface area contributed by atoms with E-state index in [1.54, 1.807) is 0 Å². The topological polar surface area (TPSA) is 15.7 Å². The van der Waals surface area contributed by atoms with Crippen molar-refractivity contribution < 1.29 is 4.74 Å². The van der Waals surface area contributed by atoms with Crippen LogP contribution in [0.1, 0.15) is 18.4 Å². The third kappa shape index (κ3) is 3.17. The lowest BCUT2D eigenvalue weighted by Gasteiger charge is -2.44. The Balaban J connectivity index is 0.00000168. The fourth-order valence-electron chi connectivity index (χ4n) is 4.38. The molecule has 6 rings (SSSR count). The molecular formula is C21H24BN2OS. The summed E-state index contributed by atoms with van der Waals surface area (Å²) >= 11 is 1.87. The first kappa shape index (κ1) is 18.0. The van der Waals surface area contributed by atoms with Gasteiger partial charge in [0, 0.05) is 31.8 Å². The van der Waals surface area contributed by atoms with Crippen LogP contribution in [-0.4, -0.2) is 46.1 Å². The molecule has 5 heteroatoms. The maximum absolute atomic E-state index is 6.33. The smallest absolute Gasteiger partial charge is 0.0735 e. The van der Waals surface area contributed by atoms with Crippen LogP contribution in [0.4, 0.5) is 11.4 Å². The van der Waals surface area contributed by atoms with Crippen LogP contribution in [0.25, 0.3) is 0 Å². The number of nitrogens with zero attached hydrogens (tertiary/aromatic N) is 2. The van der Waals surface area contributed by atoms with Crippen LogP contribution in [-0.2, 0) is 11.3 Å². The van der Waals surface area contributed by atoms with E-state index in [1.807, 2.05) is 11.8 Å². The molecule has 3 fully saturated rings. The second kappa shape index (κ2) is 7.30. The van der Waals surface area contributed by atoms with E-state index in [2.05, 4.69) is 59.3 Å². The third-order valence-corrected chi connectivity index (χ3v) is 7.00. The van der Waals surface area contributed by atoms with Gasteiger partial charge in [-0.1, -0.05) is 30.0 Å². The highest BCUT2D eigenvalue weighted by Gasteiger charge is 2.34. The summed E-state index contributed by atoms with van der Waals surface area (Å²) in [5.41, 5.74) is 3.86. The van der Waals surface area contributed by atoms with Crippen LogP contribution in [0.2, 0.25) is 0 Å². The molecule has 4 heterocycles. The molecule has 4 aliphatic rings. The molecule has 1 atom stereocenters. The molecule has 2 aromatic carbocycles. The quantitative estimate of drug-likeness (QED) is 0.761. The molecule has 133 valence electrons. The molecule has 0 spiro atoms. The molecule has 3 saturated heterocycles. The van der Waals surface area contributed by atoms with Gasteiger partial charge < -0.3 is 14.5 Å². The molecule has 0 aromatic heterocycles. The molecule has 3 nitrogen and oxygen atoms in total. The number of hydrogen-bond acceptors (Lipinski definition) is 4. The van der Waals surface area contributed by atoms with E-state index in [0.29, 0.717) is 6.10 Å². The van der Waals surface area contributed by atoms with Gasteiger partial charge in [0.15, 0.2) is 0 Å². The predicted octanol–water partition coefficient (Wildman–Crippen LogP) is 4.15. The normalized spacial score (nSPS) is 26.0. The van der Waals surface area contributed by atoms with Gasteiger partial charge in [-0.15, -0.1) is 0 Å². The van der Waals surface area contributed by atoms with Gasteiger partial charge in [0.2, 0.25) is 0 Å². The van der Waals surface area contributed by atoms with Gasteiger partial charge in [0.05, 0.1) is 24.1 Å². The Kier molecular flexibility index (Phi) is 5.04. The van der Waals surface area contributed by atoms with Crippen molar-refractivity contribution in [2.75, 3.05) is 31.6 Å². The van der Waals surface area contributed by atoms with E-state index in [4.69, 9.17) is 4.74 Å². The van der Waals surface area contributed by atoms with Crippen molar-refractivity contribution in [1.29, 1.82) is 0 Å². The minimum absolute atomic E-state index is 0. The molecule has 4 aliphatic heterocycles. The lowest BCUT2D eigenvalue weighted by molar-refractivity contribution is -0.0766. The molecule has 0 amide bonds. The predicted molar refractivity (Wildman–Crippen MR) is 109 cm³/mol. The van der Waals surface area contributed by atoms with Crippen LogP contribution in [0, 0.1) is 5.92 Å². The van der Waals surface area contributed by atoms with E-state index in [-0.39, 0.29) is 8.41 Å². The molecule has 0 aliphatic carbocycles. The van der Waals surface area contributed by atoms with Gasteiger partial charge in [-0.05, 0) is 61.7 Å². The van der Waals surface area contributed by atoms with Gasteiger partial charge in [-0.25, -0.2) is 0 Å². The van der Waals surface area contributed by atoms with Gasteiger partial charge in [0.25, 0.3) is 0 Å². The zero-order valence-electron chi connectivity index (χ0n) is 15.2. The number of hydrogen-bond donors (Lipinski definition) is 0. The molecule has 2 bridgehead atoms. The maximum atomic E-state index is 6.33. The molecule has 3 radical (unpaired) electrons. The lowest BCUT2D eigenvalue weighted by atomic mass is 9.86. The van der Waals surface area contributed by atoms with Crippen LogP contribution in [0.3, 0.4) is 0 Å². The van der Waals surface area contributed by atoms with Crippen LogP contribution in [0.15, 0.2) is 52.3 Å². The Morgan fingerprint density at radius 2 is 1.81 bits per heavy atom. The Labute approximate surface area is 162 Å². The number of fused-ring (bicyclic) bond motifs is 5. The van der Waals surface area contributed by atoms with Crippen LogP contribution >= 0.6 is 11.8 Å². The van der Waals surface area contributed by atoms with Crippen molar-refractivity contribution >= 4 is 31.5 Å². The lowest BCUT2D eigenvalue weighted by Crippen LogP contribution is -2.51. The molecular weight excluding hydrogens is 339 g/mol. The van der Waals surface area contributed by atoms with E-state index >= 15 is 0 Å². The number of rotatable bonds is 3. The number of piperidine rings is 3. The summed E-state index contributed by atoms with van der Waals surface area (Å²) < 4.78 is 6.33. The van der Waals surface area contributed by atoms with E-state index < -0.39 is 0 Å². The fraction of sp³-hybridized carbons (Fsp3) is 0.429. The molecule has 2 aromatic rings. The Morgan fingerprint density at radius 1 is 1.04 bits per heavy atom. The van der Waals surface area contributed by atoms with Crippen molar-refractivity contribution in [2.24, 2.45) is 5.92 Å². The molecule has 0 unspecified atom stereocenters. The summed E-state index contributed by atoms with van der Waals surface area (Å²) in [6, 6.07) is 15.4. The monoisotopic (exact) mass is 363 g/mol. The SMILES string of the molecule is CN1c2ccccc2Sc2cc(CO[C@@H]3CN4CCC3CC4)ccc21.[B].